The van der Waals surface area contributed by atoms with Crippen molar-refractivity contribution in [2.24, 2.45) is 0 Å². The molecule has 5 nitrogen and oxygen atoms in total. The van der Waals surface area contributed by atoms with Crippen molar-refractivity contribution < 1.29 is 9.53 Å². The standard InChI is InChI=1S/C20H29N3O2S/c1-6-16(5)23(20(24)21-7-2)11-17-13-26-19(22-17)12-25-18-9-14(3)8-15(4)10-18/h8-10,13,16H,6-7,11-12H2,1-5H3,(H,21,24). The fourth-order valence-electron chi connectivity index (χ4n) is 2.72. The van der Waals surface area contributed by atoms with Gasteiger partial charge in [0.05, 0.1) is 12.2 Å². The van der Waals surface area contributed by atoms with Crippen molar-refractivity contribution in [3.8, 4) is 5.75 Å². The maximum atomic E-state index is 12.3. The van der Waals surface area contributed by atoms with Crippen LogP contribution in [0.2, 0.25) is 0 Å². The Bertz CT molecular complexity index is 709. The highest BCUT2D eigenvalue weighted by Crippen LogP contribution is 2.20. The van der Waals surface area contributed by atoms with Crippen LogP contribution in [0, 0.1) is 13.8 Å². The molecular formula is C20H29N3O2S. The fourth-order valence-corrected chi connectivity index (χ4v) is 3.42. The van der Waals surface area contributed by atoms with Gasteiger partial charge >= 0.3 is 6.03 Å². The van der Waals surface area contributed by atoms with Crippen molar-refractivity contribution in [1.82, 2.24) is 15.2 Å². The summed E-state index contributed by atoms with van der Waals surface area (Å²) in [5.74, 6) is 0.864. The minimum atomic E-state index is -0.0390. The SMILES string of the molecule is CCNC(=O)N(Cc1csc(COc2cc(C)cc(C)c2)n1)C(C)CC. The van der Waals surface area contributed by atoms with Gasteiger partial charge in [0.25, 0.3) is 0 Å². The topological polar surface area (TPSA) is 54.5 Å². The first kappa shape index (κ1) is 20.2. The maximum Gasteiger partial charge on any atom is 0.317 e. The number of amides is 2. The van der Waals surface area contributed by atoms with Gasteiger partial charge in [-0.1, -0.05) is 13.0 Å². The summed E-state index contributed by atoms with van der Waals surface area (Å²) in [6.07, 6.45) is 0.907. The molecule has 2 rings (SSSR count). The van der Waals surface area contributed by atoms with E-state index in [9.17, 15) is 4.79 Å². The molecule has 1 aromatic heterocycles. The molecule has 1 aromatic carbocycles. The molecule has 2 aromatic rings. The van der Waals surface area contributed by atoms with Crippen LogP contribution >= 0.6 is 11.3 Å². The zero-order valence-corrected chi connectivity index (χ0v) is 17.2. The number of carbonyl (C=O) groups excluding carboxylic acids is 1. The van der Waals surface area contributed by atoms with Gasteiger partial charge in [-0.25, -0.2) is 9.78 Å². The number of thiazole rings is 1. The number of aromatic nitrogens is 1. The number of nitrogens with one attached hydrogen (secondary N) is 1. The number of benzene rings is 1. The lowest BCUT2D eigenvalue weighted by atomic mass is 10.1. The Labute approximate surface area is 160 Å². The normalized spacial score (nSPS) is 11.9. The average Bonchev–Trinajstić information content (AvgIpc) is 3.04. The molecule has 0 bridgehead atoms. The Hall–Kier alpha value is -2.08. The first-order valence-corrected chi connectivity index (χ1v) is 9.99. The van der Waals surface area contributed by atoms with Gasteiger partial charge in [-0.05, 0) is 57.4 Å². The first-order chi connectivity index (χ1) is 12.4. The molecule has 0 spiro atoms. The minimum absolute atomic E-state index is 0.0390. The van der Waals surface area contributed by atoms with E-state index in [1.807, 2.05) is 29.3 Å². The third-order valence-corrected chi connectivity index (χ3v) is 5.07. The molecule has 0 radical (unpaired) electrons. The predicted molar refractivity (Wildman–Crippen MR) is 107 cm³/mol. The zero-order valence-electron chi connectivity index (χ0n) is 16.3. The molecule has 142 valence electrons. The molecule has 1 unspecified atom stereocenters. The van der Waals surface area contributed by atoms with E-state index in [0.29, 0.717) is 19.7 Å². The molecule has 0 aliphatic heterocycles. The Morgan fingerprint density at radius 1 is 1.27 bits per heavy atom. The van der Waals surface area contributed by atoms with Gasteiger partial charge in [-0.3, -0.25) is 0 Å². The molecule has 0 fully saturated rings. The lowest BCUT2D eigenvalue weighted by Crippen LogP contribution is -2.44. The number of ether oxygens (including phenoxy) is 1. The molecule has 2 amide bonds. The molecule has 0 aliphatic carbocycles. The summed E-state index contributed by atoms with van der Waals surface area (Å²) in [6, 6.07) is 6.31. The second kappa shape index (κ2) is 9.57. The number of rotatable bonds is 8. The highest BCUT2D eigenvalue weighted by molar-refractivity contribution is 7.09. The van der Waals surface area contributed by atoms with Gasteiger partial charge < -0.3 is 15.0 Å². The molecule has 1 N–H and O–H groups in total. The number of hydrogen-bond acceptors (Lipinski definition) is 4. The van der Waals surface area contributed by atoms with Gasteiger partial charge in [0, 0.05) is 18.0 Å². The average molecular weight is 376 g/mol. The number of urea groups is 1. The summed E-state index contributed by atoms with van der Waals surface area (Å²) in [5, 5.41) is 5.81. The van der Waals surface area contributed by atoms with E-state index < -0.39 is 0 Å². The molecule has 0 saturated heterocycles. The molecular weight excluding hydrogens is 346 g/mol. The summed E-state index contributed by atoms with van der Waals surface area (Å²) >= 11 is 1.57. The van der Waals surface area contributed by atoms with E-state index in [1.165, 1.54) is 11.1 Å². The fraction of sp³-hybridized carbons (Fsp3) is 0.500. The first-order valence-electron chi connectivity index (χ1n) is 9.11. The predicted octanol–water partition coefficient (Wildman–Crippen LogP) is 4.67. The van der Waals surface area contributed by atoms with Crippen LogP contribution in [0.3, 0.4) is 0 Å². The van der Waals surface area contributed by atoms with Crippen LogP contribution < -0.4 is 10.1 Å². The summed E-state index contributed by atoms with van der Waals surface area (Å²) in [5.41, 5.74) is 3.28. The van der Waals surface area contributed by atoms with Crippen LogP contribution in [0.15, 0.2) is 23.6 Å². The molecule has 0 saturated carbocycles. The summed E-state index contributed by atoms with van der Waals surface area (Å²) in [6.45, 7) is 11.8. The van der Waals surface area contributed by atoms with Gasteiger partial charge in [-0.15, -0.1) is 11.3 Å². The van der Waals surface area contributed by atoms with Crippen molar-refractivity contribution in [3.63, 3.8) is 0 Å². The Morgan fingerprint density at radius 2 is 1.96 bits per heavy atom. The van der Waals surface area contributed by atoms with Crippen molar-refractivity contribution in [2.45, 2.75) is 60.2 Å². The van der Waals surface area contributed by atoms with Crippen LogP contribution in [0.4, 0.5) is 4.79 Å². The van der Waals surface area contributed by atoms with Gasteiger partial charge in [0.1, 0.15) is 17.4 Å². The lowest BCUT2D eigenvalue weighted by Gasteiger charge is -2.27. The van der Waals surface area contributed by atoms with E-state index in [0.717, 1.165) is 22.9 Å². The van der Waals surface area contributed by atoms with Crippen LogP contribution in [-0.2, 0) is 13.2 Å². The lowest BCUT2D eigenvalue weighted by molar-refractivity contribution is 0.173. The number of carbonyl (C=O) groups is 1. The number of aryl methyl sites for hydroxylation is 2. The molecule has 1 atom stereocenters. The van der Waals surface area contributed by atoms with Crippen LogP contribution in [0.25, 0.3) is 0 Å². The minimum Gasteiger partial charge on any atom is -0.486 e. The third-order valence-electron chi connectivity index (χ3n) is 4.20. The van der Waals surface area contributed by atoms with Gasteiger partial charge in [-0.2, -0.15) is 0 Å². The van der Waals surface area contributed by atoms with Crippen molar-refractivity contribution in [2.75, 3.05) is 6.54 Å². The van der Waals surface area contributed by atoms with Crippen LogP contribution in [-0.4, -0.2) is 28.5 Å². The zero-order chi connectivity index (χ0) is 19.1. The third kappa shape index (κ3) is 5.73. The van der Waals surface area contributed by atoms with Crippen LogP contribution in [0.1, 0.15) is 49.0 Å². The van der Waals surface area contributed by atoms with Crippen molar-refractivity contribution >= 4 is 17.4 Å². The van der Waals surface area contributed by atoms with Gasteiger partial charge in [0.2, 0.25) is 0 Å². The second-order valence-electron chi connectivity index (χ2n) is 6.57. The van der Waals surface area contributed by atoms with E-state index in [2.05, 4.69) is 44.1 Å². The maximum absolute atomic E-state index is 12.3. The second-order valence-corrected chi connectivity index (χ2v) is 7.51. The number of hydrogen-bond donors (Lipinski definition) is 1. The molecule has 1 heterocycles. The monoisotopic (exact) mass is 375 g/mol. The van der Waals surface area contributed by atoms with Crippen molar-refractivity contribution in [3.05, 3.63) is 45.4 Å². The van der Waals surface area contributed by atoms with E-state index in [1.54, 1.807) is 11.3 Å². The van der Waals surface area contributed by atoms with Gasteiger partial charge in [0.15, 0.2) is 0 Å². The van der Waals surface area contributed by atoms with E-state index in [4.69, 9.17) is 4.74 Å². The Morgan fingerprint density at radius 3 is 2.58 bits per heavy atom. The highest BCUT2D eigenvalue weighted by Gasteiger charge is 2.19. The summed E-state index contributed by atoms with van der Waals surface area (Å²) < 4.78 is 5.88. The highest BCUT2D eigenvalue weighted by atomic mass is 32.1. The summed E-state index contributed by atoms with van der Waals surface area (Å²) in [7, 11) is 0. The quantitative estimate of drug-likeness (QED) is 0.729. The number of nitrogens with zero attached hydrogens (tertiary/aromatic N) is 2. The Kier molecular flexibility index (Phi) is 7.45. The summed E-state index contributed by atoms with van der Waals surface area (Å²) in [4.78, 5) is 18.8. The largest absolute Gasteiger partial charge is 0.486 e. The van der Waals surface area contributed by atoms with Crippen molar-refractivity contribution in [1.29, 1.82) is 0 Å². The molecule has 0 aliphatic rings. The molecule has 26 heavy (non-hydrogen) atoms. The smallest absolute Gasteiger partial charge is 0.317 e. The molecule has 6 heteroatoms. The van der Waals surface area contributed by atoms with E-state index >= 15 is 0 Å². The van der Waals surface area contributed by atoms with Crippen LogP contribution in [0.5, 0.6) is 5.75 Å². The van der Waals surface area contributed by atoms with E-state index in [-0.39, 0.29) is 12.1 Å². The Balaban J connectivity index is 2.00.